The molecule has 1 aromatic heterocycles. The van der Waals surface area contributed by atoms with Crippen molar-refractivity contribution in [1.29, 1.82) is 0 Å². The maximum Gasteiger partial charge on any atom is 0.126 e. The van der Waals surface area contributed by atoms with Gasteiger partial charge in [-0.05, 0) is 24.3 Å². The molecule has 1 unspecified atom stereocenters. The molecule has 21 heavy (non-hydrogen) atoms. The lowest BCUT2D eigenvalue weighted by Crippen LogP contribution is -2.04. The molecule has 0 amide bonds. The van der Waals surface area contributed by atoms with Crippen molar-refractivity contribution in [3.8, 4) is 5.75 Å². The largest absolute Gasteiger partial charge is 0.496 e. The highest BCUT2D eigenvalue weighted by Gasteiger charge is 2.19. The molecular formula is C17H14ClNO2. The van der Waals surface area contributed by atoms with Gasteiger partial charge in [-0.2, -0.15) is 0 Å². The summed E-state index contributed by atoms with van der Waals surface area (Å²) >= 11 is 6.21. The Morgan fingerprint density at radius 3 is 2.76 bits per heavy atom. The third-order valence-corrected chi connectivity index (χ3v) is 3.76. The summed E-state index contributed by atoms with van der Waals surface area (Å²) in [5.74, 6) is 0.558. The zero-order chi connectivity index (χ0) is 14.8. The van der Waals surface area contributed by atoms with Crippen molar-refractivity contribution in [1.82, 2.24) is 4.98 Å². The van der Waals surface area contributed by atoms with E-state index in [1.165, 1.54) is 0 Å². The summed E-state index contributed by atoms with van der Waals surface area (Å²) in [7, 11) is 1.56. The van der Waals surface area contributed by atoms with E-state index in [1.807, 2.05) is 30.3 Å². The van der Waals surface area contributed by atoms with Crippen molar-refractivity contribution in [3.63, 3.8) is 0 Å². The summed E-state index contributed by atoms with van der Waals surface area (Å²) in [5, 5.41) is 12.1. The molecule has 0 saturated heterocycles. The first-order chi connectivity index (χ1) is 10.2. The SMILES string of the molecule is COc1cccc(Cl)c1C(O)c1cnc2ccccc2c1. The van der Waals surface area contributed by atoms with Gasteiger partial charge in [0.05, 0.1) is 17.6 Å². The zero-order valence-electron chi connectivity index (χ0n) is 11.5. The summed E-state index contributed by atoms with van der Waals surface area (Å²) in [5.41, 5.74) is 2.12. The van der Waals surface area contributed by atoms with Crippen molar-refractivity contribution in [3.05, 3.63) is 70.9 Å². The smallest absolute Gasteiger partial charge is 0.126 e. The molecule has 0 radical (unpaired) electrons. The minimum Gasteiger partial charge on any atom is -0.496 e. The third-order valence-electron chi connectivity index (χ3n) is 3.43. The van der Waals surface area contributed by atoms with Crippen LogP contribution in [0.4, 0.5) is 0 Å². The number of benzene rings is 2. The molecule has 3 rings (SSSR count). The van der Waals surface area contributed by atoms with Crippen LogP contribution in [0.3, 0.4) is 0 Å². The molecule has 0 aliphatic heterocycles. The van der Waals surface area contributed by atoms with E-state index in [4.69, 9.17) is 16.3 Å². The average Bonchev–Trinajstić information content (AvgIpc) is 2.53. The number of para-hydroxylation sites is 1. The van der Waals surface area contributed by atoms with Crippen LogP contribution in [-0.2, 0) is 0 Å². The second kappa shape index (κ2) is 5.72. The Morgan fingerprint density at radius 1 is 1.14 bits per heavy atom. The Labute approximate surface area is 127 Å². The first kappa shape index (κ1) is 13.9. The number of methoxy groups -OCH3 is 1. The summed E-state index contributed by atoms with van der Waals surface area (Å²) in [6.45, 7) is 0. The fourth-order valence-corrected chi connectivity index (χ4v) is 2.63. The van der Waals surface area contributed by atoms with E-state index < -0.39 is 6.10 Å². The number of aliphatic hydroxyl groups excluding tert-OH is 1. The van der Waals surface area contributed by atoms with E-state index in [0.717, 1.165) is 10.9 Å². The van der Waals surface area contributed by atoms with Gasteiger partial charge in [-0.25, -0.2) is 0 Å². The quantitative estimate of drug-likeness (QED) is 0.795. The molecule has 3 aromatic rings. The predicted molar refractivity (Wildman–Crippen MR) is 83.8 cm³/mol. The maximum absolute atomic E-state index is 10.6. The number of rotatable bonds is 3. The van der Waals surface area contributed by atoms with Crippen molar-refractivity contribution in [2.24, 2.45) is 0 Å². The minimum absolute atomic E-state index is 0.468. The molecule has 0 bridgehead atoms. The van der Waals surface area contributed by atoms with E-state index in [0.29, 0.717) is 21.9 Å². The van der Waals surface area contributed by atoms with Crippen molar-refractivity contribution in [2.75, 3.05) is 7.11 Å². The Balaban J connectivity index is 2.10. The zero-order valence-corrected chi connectivity index (χ0v) is 12.2. The van der Waals surface area contributed by atoms with Gasteiger partial charge in [-0.3, -0.25) is 4.98 Å². The van der Waals surface area contributed by atoms with Gasteiger partial charge < -0.3 is 9.84 Å². The lowest BCUT2D eigenvalue weighted by atomic mass is 10.0. The number of nitrogens with zero attached hydrogens (tertiary/aromatic N) is 1. The normalized spacial score (nSPS) is 12.3. The molecule has 0 spiro atoms. The summed E-state index contributed by atoms with van der Waals surface area (Å²) in [4.78, 5) is 4.37. The van der Waals surface area contributed by atoms with Crippen LogP contribution in [0.5, 0.6) is 5.75 Å². The molecule has 0 aliphatic rings. The second-order valence-electron chi connectivity index (χ2n) is 4.72. The van der Waals surface area contributed by atoms with Gasteiger partial charge in [0.15, 0.2) is 0 Å². The number of fused-ring (bicyclic) bond motifs is 1. The van der Waals surface area contributed by atoms with Gasteiger partial charge in [0, 0.05) is 22.7 Å². The van der Waals surface area contributed by atoms with E-state index >= 15 is 0 Å². The highest BCUT2D eigenvalue weighted by molar-refractivity contribution is 6.31. The lowest BCUT2D eigenvalue weighted by Gasteiger charge is -2.16. The maximum atomic E-state index is 10.6. The minimum atomic E-state index is -0.884. The summed E-state index contributed by atoms with van der Waals surface area (Å²) < 4.78 is 5.29. The van der Waals surface area contributed by atoms with Crippen molar-refractivity contribution < 1.29 is 9.84 Å². The van der Waals surface area contributed by atoms with Crippen LogP contribution >= 0.6 is 11.6 Å². The predicted octanol–water partition coefficient (Wildman–Crippen LogP) is 3.98. The summed E-state index contributed by atoms with van der Waals surface area (Å²) in [6.07, 6.45) is 0.779. The number of pyridine rings is 1. The number of hydrogen-bond acceptors (Lipinski definition) is 3. The van der Waals surface area contributed by atoms with Crippen LogP contribution < -0.4 is 4.74 Å². The van der Waals surface area contributed by atoms with E-state index in [2.05, 4.69) is 4.98 Å². The molecule has 0 fully saturated rings. The molecule has 106 valence electrons. The van der Waals surface area contributed by atoms with Crippen LogP contribution in [0, 0.1) is 0 Å². The standard InChI is InChI=1S/C17H14ClNO2/c1-21-15-8-4-6-13(18)16(15)17(20)12-9-11-5-2-3-7-14(11)19-10-12/h2-10,17,20H,1H3. The van der Waals surface area contributed by atoms with E-state index in [-0.39, 0.29) is 0 Å². The fourth-order valence-electron chi connectivity index (χ4n) is 2.36. The van der Waals surface area contributed by atoms with Crippen molar-refractivity contribution in [2.45, 2.75) is 6.10 Å². The molecule has 2 aromatic carbocycles. The Kier molecular flexibility index (Phi) is 3.78. The molecule has 3 nitrogen and oxygen atoms in total. The Bertz CT molecular complexity index is 789. The highest BCUT2D eigenvalue weighted by atomic mass is 35.5. The number of hydrogen-bond donors (Lipinski definition) is 1. The molecule has 0 aliphatic carbocycles. The first-order valence-corrected chi connectivity index (χ1v) is 6.93. The van der Waals surface area contributed by atoms with Crippen LogP contribution in [0.15, 0.2) is 54.7 Å². The second-order valence-corrected chi connectivity index (χ2v) is 5.13. The van der Waals surface area contributed by atoms with Gasteiger partial charge in [-0.1, -0.05) is 35.9 Å². The molecule has 0 saturated carbocycles. The highest BCUT2D eigenvalue weighted by Crippen LogP contribution is 2.35. The molecule has 4 heteroatoms. The monoisotopic (exact) mass is 299 g/mol. The van der Waals surface area contributed by atoms with Gasteiger partial charge in [0.2, 0.25) is 0 Å². The average molecular weight is 300 g/mol. The van der Waals surface area contributed by atoms with Crippen LogP contribution in [0.2, 0.25) is 5.02 Å². The number of halogens is 1. The van der Waals surface area contributed by atoms with Crippen molar-refractivity contribution >= 4 is 22.5 Å². The van der Waals surface area contributed by atoms with Crippen LogP contribution in [-0.4, -0.2) is 17.2 Å². The van der Waals surface area contributed by atoms with E-state index in [1.54, 1.807) is 31.5 Å². The number of ether oxygens (including phenoxy) is 1. The molecule has 1 atom stereocenters. The van der Waals surface area contributed by atoms with E-state index in [9.17, 15) is 5.11 Å². The number of aromatic nitrogens is 1. The number of aliphatic hydroxyl groups is 1. The van der Waals surface area contributed by atoms with Crippen LogP contribution in [0.25, 0.3) is 10.9 Å². The Morgan fingerprint density at radius 2 is 1.95 bits per heavy atom. The molecule has 1 heterocycles. The third kappa shape index (κ3) is 2.58. The Hall–Kier alpha value is -2.10. The summed E-state index contributed by atoms with van der Waals surface area (Å²) in [6, 6.07) is 15.0. The topological polar surface area (TPSA) is 42.4 Å². The first-order valence-electron chi connectivity index (χ1n) is 6.56. The van der Waals surface area contributed by atoms with Gasteiger partial charge in [0.25, 0.3) is 0 Å². The molecular weight excluding hydrogens is 286 g/mol. The lowest BCUT2D eigenvalue weighted by molar-refractivity contribution is 0.214. The van der Waals surface area contributed by atoms with Gasteiger partial charge in [0.1, 0.15) is 11.9 Å². The van der Waals surface area contributed by atoms with Gasteiger partial charge in [-0.15, -0.1) is 0 Å². The van der Waals surface area contributed by atoms with Gasteiger partial charge >= 0.3 is 0 Å². The molecule has 1 N–H and O–H groups in total. The fraction of sp³-hybridized carbons (Fsp3) is 0.118. The van der Waals surface area contributed by atoms with Crippen LogP contribution in [0.1, 0.15) is 17.2 Å².